The van der Waals surface area contributed by atoms with Gasteiger partial charge in [0.15, 0.2) is 0 Å². The highest BCUT2D eigenvalue weighted by atomic mass is 15.2. The van der Waals surface area contributed by atoms with E-state index in [1.54, 1.807) is 0 Å². The fourth-order valence-electron chi connectivity index (χ4n) is 12.8. The van der Waals surface area contributed by atoms with E-state index in [1.165, 1.54) is 112 Å². The summed E-state index contributed by atoms with van der Waals surface area (Å²) in [6.07, 6.45) is 0. The van der Waals surface area contributed by atoms with E-state index in [0.717, 1.165) is 17.1 Å². The van der Waals surface area contributed by atoms with Crippen LogP contribution in [0.25, 0.3) is 33.4 Å². The van der Waals surface area contributed by atoms with Crippen molar-refractivity contribution in [2.75, 3.05) is 14.6 Å². The van der Waals surface area contributed by atoms with Gasteiger partial charge in [-0.05, 0) is 180 Å². The van der Waals surface area contributed by atoms with Crippen LogP contribution in [0.5, 0.6) is 0 Å². The predicted molar refractivity (Wildman–Crippen MR) is 337 cm³/mol. The maximum Gasteiger partial charge on any atom is 0.333 e. The molecule has 0 atom stereocenters. The van der Waals surface area contributed by atoms with Gasteiger partial charge in [-0.3, -0.25) is 0 Å². The molecule has 4 heteroatoms. The normalized spacial score (nSPS) is 14.4. The first-order valence-electron chi connectivity index (χ1n) is 28.4. The van der Waals surface area contributed by atoms with Gasteiger partial charge >= 0.3 is 6.85 Å². The average Bonchev–Trinajstić information content (AvgIpc) is 2.92. The molecular weight excluding hydrogens is 942 g/mol. The lowest BCUT2D eigenvalue weighted by molar-refractivity contribution is 0.590. The molecule has 9 aromatic carbocycles. The number of hydrogen-bond acceptors (Lipinski definition) is 3. The van der Waals surface area contributed by atoms with Gasteiger partial charge in [0.25, 0.3) is 0 Å². The van der Waals surface area contributed by atoms with E-state index in [2.05, 4.69) is 307 Å². The van der Waals surface area contributed by atoms with Crippen molar-refractivity contribution >= 4 is 63.3 Å². The van der Waals surface area contributed by atoms with Crippen LogP contribution in [0.15, 0.2) is 188 Å². The smallest absolute Gasteiger partial charge is 0.333 e. The van der Waals surface area contributed by atoms with E-state index in [-0.39, 0.29) is 33.9 Å². The lowest BCUT2D eigenvalue weighted by atomic mass is 9.43. The highest BCUT2D eigenvalue weighted by Gasteiger charge is 2.48. The molecule has 3 aliphatic rings. The Hall–Kier alpha value is -7.56. The molecule has 0 amide bonds. The number of nitrogens with zero attached hydrogens (tertiary/aromatic N) is 3. The van der Waals surface area contributed by atoms with Crippen molar-refractivity contribution in [3.63, 3.8) is 0 Å². The fraction of sp³-hybridized carbons (Fsp3) is 0.270. The Balaban J connectivity index is 1.17. The van der Waals surface area contributed by atoms with Gasteiger partial charge < -0.3 is 14.6 Å². The van der Waals surface area contributed by atoms with Crippen LogP contribution in [-0.4, -0.2) is 6.85 Å². The summed E-state index contributed by atoms with van der Waals surface area (Å²) in [5.41, 5.74) is 28.6. The molecule has 0 fully saturated rings. The molecule has 2 heterocycles. The van der Waals surface area contributed by atoms with Gasteiger partial charge in [-0.15, -0.1) is 0 Å². The molecular formula is C74H76BN3. The Morgan fingerprint density at radius 2 is 0.910 bits per heavy atom. The van der Waals surface area contributed by atoms with Crippen LogP contribution in [-0.2, 0) is 27.1 Å². The first kappa shape index (κ1) is 51.2. The molecule has 0 saturated carbocycles. The molecule has 0 N–H and O–H groups in total. The summed E-state index contributed by atoms with van der Waals surface area (Å²) < 4.78 is 0. The molecule has 12 rings (SSSR count). The second-order valence-electron chi connectivity index (χ2n) is 27.3. The molecule has 0 bridgehead atoms. The zero-order valence-corrected chi connectivity index (χ0v) is 48.8. The minimum absolute atomic E-state index is 0.00183. The van der Waals surface area contributed by atoms with Gasteiger partial charge in [0.2, 0.25) is 0 Å². The molecule has 0 unspecified atom stereocenters. The Kier molecular flexibility index (Phi) is 11.8. The predicted octanol–water partition coefficient (Wildman–Crippen LogP) is 19.3. The number of fused-ring (bicyclic) bond motifs is 7. The molecule has 78 heavy (non-hydrogen) atoms. The largest absolute Gasteiger partial charge is 0.376 e. The lowest BCUT2D eigenvalue weighted by Crippen LogP contribution is -2.61. The van der Waals surface area contributed by atoms with Crippen LogP contribution in [0.3, 0.4) is 0 Å². The van der Waals surface area contributed by atoms with Crippen molar-refractivity contribution < 1.29 is 0 Å². The minimum Gasteiger partial charge on any atom is -0.376 e. The molecule has 9 aromatic rings. The molecule has 0 spiro atoms. The van der Waals surface area contributed by atoms with Crippen LogP contribution in [0.4, 0.5) is 45.5 Å². The third-order valence-electron chi connectivity index (χ3n) is 17.3. The topological polar surface area (TPSA) is 9.72 Å². The molecule has 390 valence electrons. The molecule has 0 radical (unpaired) electrons. The average molecular weight is 1020 g/mol. The Morgan fingerprint density at radius 1 is 0.385 bits per heavy atom. The fourth-order valence-corrected chi connectivity index (χ4v) is 12.8. The summed E-state index contributed by atoms with van der Waals surface area (Å²) in [6.45, 7) is 34.7. The monoisotopic (exact) mass is 1020 g/mol. The summed E-state index contributed by atoms with van der Waals surface area (Å²) in [4.78, 5) is 7.80. The second-order valence-corrected chi connectivity index (χ2v) is 27.3. The number of rotatable bonds is 6. The first-order valence-corrected chi connectivity index (χ1v) is 28.4. The maximum absolute atomic E-state index is 2.68. The van der Waals surface area contributed by atoms with Crippen LogP contribution in [0.1, 0.15) is 136 Å². The van der Waals surface area contributed by atoms with Gasteiger partial charge in [0.05, 0.1) is 5.69 Å². The summed E-state index contributed by atoms with van der Waals surface area (Å²) >= 11 is 0. The Morgan fingerprint density at radius 3 is 1.50 bits per heavy atom. The van der Waals surface area contributed by atoms with Crippen molar-refractivity contribution in [1.29, 1.82) is 0 Å². The van der Waals surface area contributed by atoms with E-state index >= 15 is 0 Å². The first-order chi connectivity index (χ1) is 36.9. The van der Waals surface area contributed by atoms with Crippen LogP contribution in [0, 0.1) is 6.92 Å². The number of anilines is 8. The Bertz CT molecular complexity index is 3740. The number of aryl methyl sites for hydroxylation is 1. The zero-order chi connectivity index (χ0) is 55.0. The van der Waals surface area contributed by atoms with E-state index in [1.807, 2.05) is 0 Å². The second kappa shape index (κ2) is 18.0. The molecule has 1 aliphatic carbocycles. The summed E-state index contributed by atoms with van der Waals surface area (Å²) in [6, 6.07) is 72.8. The molecule has 0 aromatic heterocycles. The lowest BCUT2D eigenvalue weighted by Gasteiger charge is -2.47. The third-order valence-corrected chi connectivity index (χ3v) is 17.3. The standard InChI is InChI=1S/C74H76BN3/c1-47-41-61-60-44-56(76(53-32-25-49(26-33-53)70(2,3)4)54-34-27-50(28-35-54)71(5,6)7)38-40-66(60)78(55-36-29-51(30-37-55)72(8,9)10)75-64-45-59-57-23-19-20-24-62(57)74(14,15)63(59)46-67(64)77(68(42-47)69(61)75)65-39-31-52(73(11,12)13)43-58(65)48-21-17-16-18-22-48/h16-46H,1-15H3. The minimum atomic E-state index is -0.201. The van der Waals surface area contributed by atoms with Crippen molar-refractivity contribution in [2.24, 2.45) is 0 Å². The molecule has 0 saturated heterocycles. The maximum atomic E-state index is 2.68. The Labute approximate surface area is 466 Å². The van der Waals surface area contributed by atoms with Crippen LogP contribution >= 0.6 is 0 Å². The summed E-state index contributed by atoms with van der Waals surface area (Å²) in [5, 5.41) is 0. The highest BCUT2D eigenvalue weighted by Crippen LogP contribution is 2.55. The quantitative estimate of drug-likeness (QED) is 0.154. The van der Waals surface area contributed by atoms with Crippen molar-refractivity contribution in [3.8, 4) is 33.4 Å². The van der Waals surface area contributed by atoms with E-state index < -0.39 is 0 Å². The van der Waals surface area contributed by atoms with E-state index in [4.69, 9.17) is 0 Å². The summed E-state index contributed by atoms with van der Waals surface area (Å²) in [7, 11) is 0. The van der Waals surface area contributed by atoms with Crippen molar-refractivity contribution in [3.05, 3.63) is 227 Å². The van der Waals surface area contributed by atoms with Gasteiger partial charge in [-0.2, -0.15) is 0 Å². The highest BCUT2D eigenvalue weighted by molar-refractivity contribution is 6.93. The van der Waals surface area contributed by atoms with Gasteiger partial charge in [0, 0.05) is 56.4 Å². The van der Waals surface area contributed by atoms with E-state index in [0.29, 0.717) is 0 Å². The van der Waals surface area contributed by atoms with Gasteiger partial charge in [-0.1, -0.05) is 206 Å². The summed E-state index contributed by atoms with van der Waals surface area (Å²) in [5.74, 6) is 0. The van der Waals surface area contributed by atoms with Crippen LogP contribution in [0.2, 0.25) is 0 Å². The van der Waals surface area contributed by atoms with Crippen LogP contribution < -0.4 is 25.5 Å². The number of hydrogen-bond donors (Lipinski definition) is 0. The van der Waals surface area contributed by atoms with Gasteiger partial charge in [-0.25, -0.2) is 0 Å². The number of benzene rings is 9. The molecule has 2 aliphatic heterocycles. The SMILES string of the molecule is Cc1cc2c3c(c1)N(c1ccc(C(C)(C)C)cc1-c1ccccc1)c1cc4c(cc1B3N(c1ccc(C(C)(C)C)cc1)c1ccc(N(c3ccc(C(C)(C)C)cc3)c3ccc(C(C)(C)C)cc3)cc1-2)-c1ccccc1C4(C)C. The molecule has 3 nitrogen and oxygen atoms in total. The van der Waals surface area contributed by atoms with E-state index in [9.17, 15) is 0 Å². The zero-order valence-electron chi connectivity index (χ0n) is 48.8. The van der Waals surface area contributed by atoms with Crippen molar-refractivity contribution in [2.45, 2.75) is 131 Å². The van der Waals surface area contributed by atoms with Gasteiger partial charge in [0.1, 0.15) is 0 Å². The third kappa shape index (κ3) is 8.49. The van der Waals surface area contributed by atoms with Crippen molar-refractivity contribution in [1.82, 2.24) is 0 Å².